The highest BCUT2D eigenvalue weighted by atomic mass is 32.1. The van der Waals surface area contributed by atoms with Crippen molar-refractivity contribution in [1.82, 2.24) is 9.97 Å². The highest BCUT2D eigenvalue weighted by Crippen LogP contribution is 2.40. The van der Waals surface area contributed by atoms with Crippen molar-refractivity contribution in [3.05, 3.63) is 54.1 Å². The molecule has 0 atom stereocenters. The topological polar surface area (TPSA) is 129 Å². The van der Waals surface area contributed by atoms with Crippen LogP contribution >= 0.6 is 11.3 Å². The van der Waals surface area contributed by atoms with Gasteiger partial charge in [-0.2, -0.15) is 0 Å². The quantitative estimate of drug-likeness (QED) is 0.258. The van der Waals surface area contributed by atoms with E-state index >= 15 is 0 Å². The molecule has 196 valence electrons. The molecule has 10 heteroatoms. The Kier molecular flexibility index (Phi) is 7.11. The standard InChI is InChI=1S/C28H31N7O2S/c1-28(2,30)27(36)32-18-7-4-6-17(14-18)23-15-22-24(38-23)26(35-10-12-37-13-11-35)34-25(33-22)19-8-5-9-21(31-3)20(19)16-29/h4-9,14-16,29,31H,10-13,30H2,1-3H3,(H,32,36). The smallest absolute Gasteiger partial charge is 0.243 e. The fourth-order valence-corrected chi connectivity index (χ4v) is 5.45. The summed E-state index contributed by atoms with van der Waals surface area (Å²) >= 11 is 1.62. The van der Waals surface area contributed by atoms with Crippen molar-refractivity contribution >= 4 is 50.9 Å². The summed E-state index contributed by atoms with van der Waals surface area (Å²) in [4.78, 5) is 25.7. The van der Waals surface area contributed by atoms with Crippen LogP contribution in [0.2, 0.25) is 0 Å². The molecule has 1 aliphatic heterocycles. The van der Waals surface area contributed by atoms with E-state index in [2.05, 4.69) is 21.6 Å². The molecule has 1 fully saturated rings. The van der Waals surface area contributed by atoms with Crippen molar-refractivity contribution in [2.75, 3.05) is 48.9 Å². The first-order valence-corrected chi connectivity index (χ1v) is 13.3. The predicted octanol–water partition coefficient (Wildman–Crippen LogP) is 4.58. The molecule has 2 aromatic carbocycles. The van der Waals surface area contributed by atoms with Crippen molar-refractivity contribution in [2.45, 2.75) is 19.4 Å². The molecule has 1 saturated heterocycles. The van der Waals surface area contributed by atoms with Gasteiger partial charge in [-0.25, -0.2) is 9.97 Å². The molecule has 0 radical (unpaired) electrons. The van der Waals surface area contributed by atoms with Crippen molar-refractivity contribution in [3.8, 4) is 21.8 Å². The number of ether oxygens (including phenoxy) is 1. The average molecular weight is 530 g/mol. The lowest BCUT2D eigenvalue weighted by atomic mass is 10.1. The van der Waals surface area contributed by atoms with Gasteiger partial charge in [-0.15, -0.1) is 11.3 Å². The van der Waals surface area contributed by atoms with Gasteiger partial charge in [0.15, 0.2) is 11.6 Å². The van der Waals surface area contributed by atoms with Crippen LogP contribution in [0.5, 0.6) is 0 Å². The lowest BCUT2D eigenvalue weighted by Gasteiger charge is -2.28. The Bertz CT molecular complexity index is 1500. The number of nitrogens with two attached hydrogens (primary N) is 1. The molecule has 2 aromatic heterocycles. The molecule has 5 rings (SSSR count). The maximum absolute atomic E-state index is 12.4. The maximum atomic E-state index is 12.4. The number of hydrogen-bond donors (Lipinski definition) is 4. The van der Waals surface area contributed by atoms with Gasteiger partial charge in [0.25, 0.3) is 0 Å². The third-order valence-electron chi connectivity index (χ3n) is 6.42. The van der Waals surface area contributed by atoms with Gasteiger partial charge in [-0.1, -0.05) is 24.3 Å². The second-order valence-electron chi connectivity index (χ2n) is 9.71. The Hall–Kier alpha value is -3.86. The molecule has 3 heterocycles. The molecule has 5 N–H and O–H groups in total. The van der Waals surface area contributed by atoms with Gasteiger partial charge in [0, 0.05) is 53.7 Å². The Morgan fingerprint density at radius 2 is 1.92 bits per heavy atom. The SMILES string of the molecule is CNc1cccc(-c2nc(N3CCOCC3)c3sc(-c4cccc(NC(=O)C(C)(C)N)c4)cc3n2)c1C=N. The monoisotopic (exact) mass is 529 g/mol. The zero-order valence-corrected chi connectivity index (χ0v) is 22.5. The lowest BCUT2D eigenvalue weighted by Crippen LogP contribution is -2.45. The highest BCUT2D eigenvalue weighted by molar-refractivity contribution is 7.22. The minimum absolute atomic E-state index is 0.248. The van der Waals surface area contributed by atoms with Gasteiger partial charge < -0.3 is 31.4 Å². The fraction of sp³-hybridized carbons (Fsp3) is 0.286. The van der Waals surface area contributed by atoms with E-state index in [1.807, 2.05) is 49.5 Å². The van der Waals surface area contributed by atoms with Crippen LogP contribution < -0.4 is 21.3 Å². The normalized spacial score (nSPS) is 13.9. The number of carbonyl (C=O) groups is 1. The number of amides is 1. The number of hydrogen-bond acceptors (Lipinski definition) is 9. The van der Waals surface area contributed by atoms with Crippen LogP contribution in [0.1, 0.15) is 19.4 Å². The predicted molar refractivity (Wildman–Crippen MR) is 156 cm³/mol. The van der Waals surface area contributed by atoms with Crippen molar-refractivity contribution < 1.29 is 9.53 Å². The van der Waals surface area contributed by atoms with E-state index in [0.717, 1.165) is 56.4 Å². The van der Waals surface area contributed by atoms with Gasteiger partial charge in [-0.05, 0) is 43.7 Å². The minimum atomic E-state index is -0.980. The molecule has 38 heavy (non-hydrogen) atoms. The molecule has 4 aromatic rings. The lowest BCUT2D eigenvalue weighted by molar-refractivity contribution is -0.120. The van der Waals surface area contributed by atoms with Crippen molar-refractivity contribution in [2.24, 2.45) is 5.73 Å². The van der Waals surface area contributed by atoms with Crippen LogP contribution in [0.25, 0.3) is 32.0 Å². The maximum Gasteiger partial charge on any atom is 0.243 e. The van der Waals surface area contributed by atoms with Gasteiger partial charge in [-0.3, -0.25) is 4.79 Å². The molecule has 9 nitrogen and oxygen atoms in total. The van der Waals surface area contributed by atoms with Gasteiger partial charge in [0.2, 0.25) is 5.91 Å². The van der Waals surface area contributed by atoms with Crippen molar-refractivity contribution in [1.29, 1.82) is 5.41 Å². The first kappa shape index (κ1) is 25.8. The second kappa shape index (κ2) is 10.5. The zero-order chi connectivity index (χ0) is 26.9. The van der Waals surface area contributed by atoms with Crippen LogP contribution in [-0.4, -0.2) is 61.0 Å². The third kappa shape index (κ3) is 5.10. The summed E-state index contributed by atoms with van der Waals surface area (Å²) in [6, 6.07) is 15.6. The number of aromatic nitrogens is 2. The Morgan fingerprint density at radius 3 is 2.63 bits per heavy atom. The highest BCUT2D eigenvalue weighted by Gasteiger charge is 2.23. The molecule has 1 aliphatic rings. The average Bonchev–Trinajstić information content (AvgIpc) is 3.36. The summed E-state index contributed by atoms with van der Waals surface area (Å²) in [5.41, 5.74) is 9.84. The zero-order valence-electron chi connectivity index (χ0n) is 21.7. The number of anilines is 3. The molecular formula is C28H31N7O2S. The van der Waals surface area contributed by atoms with E-state index in [9.17, 15) is 4.79 Å². The largest absolute Gasteiger partial charge is 0.388 e. The van der Waals surface area contributed by atoms with Gasteiger partial charge >= 0.3 is 0 Å². The summed E-state index contributed by atoms with van der Waals surface area (Å²) in [5, 5.41) is 14.1. The molecule has 0 aliphatic carbocycles. The van der Waals surface area contributed by atoms with E-state index in [1.165, 1.54) is 6.21 Å². The van der Waals surface area contributed by atoms with Gasteiger partial charge in [0.1, 0.15) is 0 Å². The van der Waals surface area contributed by atoms with E-state index < -0.39 is 5.54 Å². The van der Waals surface area contributed by atoms with E-state index in [4.69, 9.17) is 25.8 Å². The number of nitrogens with zero attached hydrogens (tertiary/aromatic N) is 3. The van der Waals surface area contributed by atoms with Gasteiger partial charge in [0.05, 0.1) is 29.0 Å². The second-order valence-corrected chi connectivity index (χ2v) is 10.8. The molecule has 1 amide bonds. The van der Waals surface area contributed by atoms with E-state index in [1.54, 1.807) is 25.2 Å². The summed E-state index contributed by atoms with van der Waals surface area (Å²) in [6.45, 7) is 6.11. The first-order chi connectivity index (χ1) is 18.3. The van der Waals surface area contributed by atoms with Crippen LogP contribution in [-0.2, 0) is 9.53 Å². The Labute approximate surface area is 225 Å². The van der Waals surface area contributed by atoms with E-state index in [-0.39, 0.29) is 5.91 Å². The third-order valence-corrected chi connectivity index (χ3v) is 7.58. The van der Waals surface area contributed by atoms with E-state index in [0.29, 0.717) is 24.7 Å². The molecule has 0 bridgehead atoms. The van der Waals surface area contributed by atoms with Crippen LogP contribution in [0.3, 0.4) is 0 Å². The van der Waals surface area contributed by atoms with Crippen LogP contribution in [0, 0.1) is 5.41 Å². The number of benzene rings is 2. The van der Waals surface area contributed by atoms with Crippen molar-refractivity contribution in [3.63, 3.8) is 0 Å². The number of nitrogens with one attached hydrogen (secondary N) is 3. The number of thiophene rings is 1. The van der Waals surface area contributed by atoms with Crippen LogP contribution in [0.15, 0.2) is 48.5 Å². The number of carbonyl (C=O) groups excluding carboxylic acids is 1. The molecular weight excluding hydrogens is 498 g/mol. The first-order valence-electron chi connectivity index (χ1n) is 12.4. The molecule has 0 saturated carbocycles. The van der Waals surface area contributed by atoms with Crippen LogP contribution in [0.4, 0.5) is 17.2 Å². The fourth-order valence-electron chi connectivity index (χ4n) is 4.34. The minimum Gasteiger partial charge on any atom is -0.388 e. The summed E-state index contributed by atoms with van der Waals surface area (Å²) in [7, 11) is 1.84. The molecule has 0 unspecified atom stereocenters. The number of fused-ring (bicyclic) bond motifs is 1. The number of morpholine rings is 1. The Balaban J connectivity index is 1.63. The number of rotatable bonds is 7. The summed E-state index contributed by atoms with van der Waals surface area (Å²) in [6.07, 6.45) is 1.34. The summed E-state index contributed by atoms with van der Waals surface area (Å²) < 4.78 is 6.59. The summed E-state index contributed by atoms with van der Waals surface area (Å²) in [5.74, 6) is 1.19. The Morgan fingerprint density at radius 1 is 1.16 bits per heavy atom. The molecule has 0 spiro atoms.